The second-order valence-corrected chi connectivity index (χ2v) is 10.0. The number of aromatic nitrogens is 2. The molecule has 2 aromatic heterocycles. The number of nitrogens with one attached hydrogen (secondary N) is 1. The molecule has 5 heterocycles. The van der Waals surface area contributed by atoms with Crippen LogP contribution in [0.25, 0.3) is 0 Å². The van der Waals surface area contributed by atoms with E-state index in [1.807, 2.05) is 4.90 Å². The number of morpholine rings is 1. The van der Waals surface area contributed by atoms with E-state index >= 15 is 4.39 Å². The van der Waals surface area contributed by atoms with Gasteiger partial charge in [-0.15, -0.1) is 11.3 Å². The summed E-state index contributed by atoms with van der Waals surface area (Å²) in [6.45, 7) is 0.575. The summed E-state index contributed by atoms with van der Waals surface area (Å²) in [7, 11) is 1.26. The van der Waals surface area contributed by atoms with Gasteiger partial charge in [0.05, 0.1) is 44.2 Å². The number of aliphatic imine (C=N–C) groups is 1. The Bertz CT molecular complexity index is 1410. The standard InChI is InChI=1S/C24H20ClF2N5O4S/c1-34-24(33)18-15(8-32-16-9-35-10-17(32)19(27)21-13(16)7-29-36-21)30-22(23-28-4-5-37-23)31-20(18)12-3-2-11(26)6-14(12)25/h2-7,16-17,19-20H,8-10H2,1H3,(H,30,31)/t16?,17?,19?,20-/m0/s1. The van der Waals surface area contributed by atoms with E-state index < -0.39 is 30.0 Å². The zero-order valence-corrected chi connectivity index (χ0v) is 20.9. The van der Waals surface area contributed by atoms with Crippen LogP contribution in [0.4, 0.5) is 8.78 Å². The third-order valence-electron chi connectivity index (χ3n) is 6.73. The molecule has 37 heavy (non-hydrogen) atoms. The van der Waals surface area contributed by atoms with E-state index in [1.54, 1.807) is 11.6 Å². The zero-order chi connectivity index (χ0) is 25.7. The van der Waals surface area contributed by atoms with Gasteiger partial charge in [-0.25, -0.2) is 18.6 Å². The molecule has 3 aromatic rings. The molecule has 2 bridgehead atoms. The van der Waals surface area contributed by atoms with Gasteiger partial charge in [0.2, 0.25) is 0 Å². The molecule has 9 nitrogen and oxygen atoms in total. The summed E-state index contributed by atoms with van der Waals surface area (Å²) in [4.78, 5) is 24.2. The number of thiazole rings is 1. The topological polar surface area (TPSA) is 102 Å². The molecule has 0 amide bonds. The Morgan fingerprint density at radius 3 is 2.97 bits per heavy atom. The van der Waals surface area contributed by atoms with Gasteiger partial charge in [0, 0.05) is 40.0 Å². The van der Waals surface area contributed by atoms with Gasteiger partial charge in [-0.2, -0.15) is 0 Å². The van der Waals surface area contributed by atoms with Gasteiger partial charge in [0.25, 0.3) is 0 Å². The molecule has 0 spiro atoms. The van der Waals surface area contributed by atoms with E-state index in [1.165, 1.54) is 42.8 Å². The maximum absolute atomic E-state index is 15.5. The minimum Gasteiger partial charge on any atom is -0.466 e. The number of carbonyl (C=O) groups excluding carboxylic acids is 1. The van der Waals surface area contributed by atoms with E-state index in [2.05, 4.69) is 15.5 Å². The van der Waals surface area contributed by atoms with Crippen LogP contribution in [0.5, 0.6) is 0 Å². The molecule has 6 rings (SSSR count). The van der Waals surface area contributed by atoms with Crippen molar-refractivity contribution in [3.8, 4) is 0 Å². The van der Waals surface area contributed by atoms with Crippen molar-refractivity contribution in [2.45, 2.75) is 24.3 Å². The predicted molar refractivity (Wildman–Crippen MR) is 129 cm³/mol. The summed E-state index contributed by atoms with van der Waals surface area (Å²) in [5, 5.41) is 9.52. The zero-order valence-electron chi connectivity index (χ0n) is 19.4. The lowest BCUT2D eigenvalue weighted by atomic mass is 9.90. The SMILES string of the molecule is COC(=O)C1=C(CN2C3COCC2C(F)c2oncc23)NC(c2nccs2)=N[C@H]1c1ccc(F)cc1Cl. The molecular weight excluding hydrogens is 528 g/mol. The van der Waals surface area contributed by atoms with Gasteiger partial charge in [-0.1, -0.05) is 22.8 Å². The van der Waals surface area contributed by atoms with E-state index in [0.29, 0.717) is 34.3 Å². The van der Waals surface area contributed by atoms with Crippen LogP contribution in [0.2, 0.25) is 5.02 Å². The van der Waals surface area contributed by atoms with Crippen molar-refractivity contribution in [3.63, 3.8) is 0 Å². The Labute approximate surface area is 218 Å². The fourth-order valence-corrected chi connectivity index (χ4v) is 5.87. The number of ether oxygens (including phenoxy) is 2. The van der Waals surface area contributed by atoms with Crippen molar-refractivity contribution in [1.82, 2.24) is 20.4 Å². The predicted octanol–water partition coefficient (Wildman–Crippen LogP) is 3.91. The molecule has 0 aliphatic carbocycles. The van der Waals surface area contributed by atoms with E-state index in [4.69, 9.17) is 30.6 Å². The highest BCUT2D eigenvalue weighted by molar-refractivity contribution is 7.11. The largest absolute Gasteiger partial charge is 0.466 e. The first-order valence-electron chi connectivity index (χ1n) is 11.4. The number of alkyl halides is 1. The van der Waals surface area contributed by atoms with Crippen LogP contribution in [0.15, 0.2) is 56.8 Å². The Hall–Kier alpha value is -3.19. The third-order valence-corrected chi connectivity index (χ3v) is 7.84. The number of esters is 1. The molecule has 1 fully saturated rings. The first-order valence-corrected chi connectivity index (χ1v) is 12.6. The summed E-state index contributed by atoms with van der Waals surface area (Å²) in [5.41, 5.74) is 1.65. The minimum atomic E-state index is -1.46. The number of amidine groups is 1. The number of halogens is 3. The number of carbonyl (C=O) groups is 1. The molecule has 3 aliphatic heterocycles. The number of rotatable bonds is 5. The normalized spacial score (nSPS) is 25.4. The quantitative estimate of drug-likeness (QED) is 0.480. The highest BCUT2D eigenvalue weighted by Gasteiger charge is 2.48. The maximum Gasteiger partial charge on any atom is 0.338 e. The molecule has 3 unspecified atom stereocenters. The molecule has 4 atom stereocenters. The minimum absolute atomic E-state index is 0.107. The number of hydrogen-bond acceptors (Lipinski definition) is 10. The monoisotopic (exact) mass is 547 g/mol. The lowest BCUT2D eigenvalue weighted by Gasteiger charge is -2.46. The van der Waals surface area contributed by atoms with Crippen molar-refractivity contribution in [2.75, 3.05) is 26.9 Å². The van der Waals surface area contributed by atoms with Crippen LogP contribution in [0.3, 0.4) is 0 Å². The Kier molecular flexibility index (Phi) is 6.27. The number of fused-ring (bicyclic) bond motifs is 4. The molecule has 13 heteroatoms. The molecule has 0 radical (unpaired) electrons. The lowest BCUT2D eigenvalue weighted by Crippen LogP contribution is -2.54. The van der Waals surface area contributed by atoms with E-state index in [0.717, 1.165) is 0 Å². The van der Waals surface area contributed by atoms with Crippen molar-refractivity contribution >= 4 is 34.7 Å². The summed E-state index contributed by atoms with van der Waals surface area (Å²) >= 11 is 7.77. The fraction of sp³-hybridized carbons (Fsp3) is 0.333. The van der Waals surface area contributed by atoms with Crippen molar-refractivity contribution < 1.29 is 27.6 Å². The summed E-state index contributed by atoms with van der Waals surface area (Å²) < 4.78 is 45.4. The first-order chi connectivity index (χ1) is 18.0. The smallest absolute Gasteiger partial charge is 0.338 e. The fourth-order valence-electron chi connectivity index (χ4n) is 5.01. The average molecular weight is 548 g/mol. The van der Waals surface area contributed by atoms with Gasteiger partial charge in [0.15, 0.2) is 22.8 Å². The van der Waals surface area contributed by atoms with Crippen LogP contribution < -0.4 is 5.32 Å². The van der Waals surface area contributed by atoms with Gasteiger partial charge in [-0.05, 0) is 12.1 Å². The molecule has 0 saturated carbocycles. The Balaban J connectivity index is 1.47. The van der Waals surface area contributed by atoms with Gasteiger partial charge < -0.3 is 19.3 Å². The second-order valence-electron chi connectivity index (χ2n) is 8.73. The average Bonchev–Trinajstić information content (AvgIpc) is 3.60. The van der Waals surface area contributed by atoms with Crippen LogP contribution in [-0.2, 0) is 14.3 Å². The number of hydrogen-bond donors (Lipinski definition) is 1. The van der Waals surface area contributed by atoms with E-state index in [9.17, 15) is 9.18 Å². The number of nitrogens with zero attached hydrogens (tertiary/aromatic N) is 4. The maximum atomic E-state index is 15.5. The number of methoxy groups -OCH3 is 1. The third kappa shape index (κ3) is 4.13. The van der Waals surface area contributed by atoms with Crippen LogP contribution in [-0.4, -0.2) is 59.8 Å². The highest BCUT2D eigenvalue weighted by atomic mass is 35.5. The number of benzene rings is 1. The Morgan fingerprint density at radius 2 is 2.22 bits per heavy atom. The van der Waals surface area contributed by atoms with Gasteiger partial charge in [-0.3, -0.25) is 9.89 Å². The van der Waals surface area contributed by atoms with E-state index in [-0.39, 0.29) is 35.5 Å². The van der Waals surface area contributed by atoms with Crippen molar-refractivity contribution in [3.05, 3.63) is 80.0 Å². The molecule has 1 N–H and O–H groups in total. The molecule has 3 aliphatic rings. The molecule has 1 aromatic carbocycles. The van der Waals surface area contributed by atoms with Gasteiger partial charge in [0.1, 0.15) is 11.9 Å². The summed E-state index contributed by atoms with van der Waals surface area (Å²) in [5.74, 6) is -0.552. The summed E-state index contributed by atoms with van der Waals surface area (Å²) in [6.07, 6.45) is 1.67. The Morgan fingerprint density at radius 1 is 1.35 bits per heavy atom. The van der Waals surface area contributed by atoms with Crippen LogP contribution in [0, 0.1) is 5.82 Å². The molecule has 1 saturated heterocycles. The lowest BCUT2D eigenvalue weighted by molar-refractivity contribution is -0.136. The second kappa shape index (κ2) is 9.60. The van der Waals surface area contributed by atoms with Crippen molar-refractivity contribution in [2.24, 2.45) is 4.99 Å². The van der Waals surface area contributed by atoms with Gasteiger partial charge >= 0.3 is 5.97 Å². The summed E-state index contributed by atoms with van der Waals surface area (Å²) in [6, 6.07) is 1.99. The molecule has 192 valence electrons. The highest BCUT2D eigenvalue weighted by Crippen LogP contribution is 2.45. The van der Waals surface area contributed by atoms with Crippen LogP contribution >= 0.6 is 22.9 Å². The molecular formula is C24H20ClF2N5O4S. The first kappa shape index (κ1) is 24.2. The van der Waals surface area contributed by atoms with Crippen molar-refractivity contribution in [1.29, 1.82) is 0 Å². The van der Waals surface area contributed by atoms with Crippen LogP contribution in [0.1, 0.15) is 40.2 Å².